The minimum absolute atomic E-state index is 0.126. The standard InChI is InChI=1S/C16H28O2S2/c1-2-13-15(20-10-9-19-13)14(17)12-5-8-18-16(11-12)6-3-4-7-16/h12-15,17H,2-11H2,1H3. The second-order valence-electron chi connectivity index (χ2n) is 6.63. The molecule has 2 saturated heterocycles. The van der Waals surface area contributed by atoms with Crippen LogP contribution in [0.5, 0.6) is 0 Å². The first-order valence-corrected chi connectivity index (χ1v) is 10.4. The van der Waals surface area contributed by atoms with Gasteiger partial charge in [-0.15, -0.1) is 0 Å². The molecule has 2 heterocycles. The lowest BCUT2D eigenvalue weighted by Gasteiger charge is -2.43. The molecule has 0 bridgehead atoms. The Kier molecular flexibility index (Phi) is 5.28. The molecule has 3 fully saturated rings. The Morgan fingerprint density at radius 2 is 2.00 bits per heavy atom. The van der Waals surface area contributed by atoms with Gasteiger partial charge in [0.1, 0.15) is 0 Å². The fourth-order valence-corrected chi connectivity index (χ4v) is 7.48. The molecule has 0 amide bonds. The number of ether oxygens (including phenoxy) is 1. The summed E-state index contributed by atoms with van der Waals surface area (Å²) < 4.78 is 6.12. The lowest BCUT2D eigenvalue weighted by molar-refractivity contribution is -0.112. The van der Waals surface area contributed by atoms with Crippen molar-refractivity contribution in [1.29, 1.82) is 0 Å². The first kappa shape index (κ1) is 15.5. The van der Waals surface area contributed by atoms with Gasteiger partial charge in [-0.3, -0.25) is 0 Å². The van der Waals surface area contributed by atoms with Crippen molar-refractivity contribution < 1.29 is 9.84 Å². The molecule has 1 saturated carbocycles. The second kappa shape index (κ2) is 6.80. The largest absolute Gasteiger partial charge is 0.392 e. The molecule has 20 heavy (non-hydrogen) atoms. The van der Waals surface area contributed by atoms with Crippen molar-refractivity contribution in [1.82, 2.24) is 0 Å². The van der Waals surface area contributed by atoms with Crippen LogP contribution in [0, 0.1) is 5.92 Å². The van der Waals surface area contributed by atoms with Gasteiger partial charge in [0.05, 0.1) is 11.7 Å². The molecule has 2 aliphatic heterocycles. The van der Waals surface area contributed by atoms with Crippen LogP contribution in [0.1, 0.15) is 51.9 Å². The molecular formula is C16H28O2S2. The van der Waals surface area contributed by atoms with E-state index in [2.05, 4.69) is 18.7 Å². The van der Waals surface area contributed by atoms with E-state index >= 15 is 0 Å². The van der Waals surface area contributed by atoms with Gasteiger partial charge in [-0.1, -0.05) is 19.8 Å². The lowest BCUT2D eigenvalue weighted by atomic mass is 9.80. The van der Waals surface area contributed by atoms with Gasteiger partial charge in [0, 0.05) is 28.6 Å². The Labute approximate surface area is 131 Å². The fourth-order valence-electron chi connectivity index (χ4n) is 4.25. The van der Waals surface area contributed by atoms with Crippen LogP contribution >= 0.6 is 23.5 Å². The summed E-state index contributed by atoms with van der Waals surface area (Å²) in [5.41, 5.74) is 0.137. The summed E-state index contributed by atoms with van der Waals surface area (Å²) in [6.07, 6.45) is 8.29. The average Bonchev–Trinajstić information content (AvgIpc) is 2.94. The molecule has 0 aromatic heterocycles. The summed E-state index contributed by atoms with van der Waals surface area (Å²) in [5.74, 6) is 2.92. The zero-order valence-corrected chi connectivity index (χ0v) is 14.2. The van der Waals surface area contributed by atoms with Gasteiger partial charge in [0.25, 0.3) is 0 Å². The third-order valence-corrected chi connectivity index (χ3v) is 8.72. The molecule has 1 N–H and O–H groups in total. The van der Waals surface area contributed by atoms with E-state index in [1.165, 1.54) is 43.6 Å². The third kappa shape index (κ3) is 3.18. The quantitative estimate of drug-likeness (QED) is 0.859. The van der Waals surface area contributed by atoms with Crippen LogP contribution in [0.15, 0.2) is 0 Å². The molecule has 0 radical (unpaired) electrons. The highest BCUT2D eigenvalue weighted by molar-refractivity contribution is 8.07. The second-order valence-corrected chi connectivity index (χ2v) is 9.27. The Balaban J connectivity index is 1.64. The molecular weight excluding hydrogens is 288 g/mol. The number of hydrogen-bond acceptors (Lipinski definition) is 4. The molecule has 4 heteroatoms. The van der Waals surface area contributed by atoms with E-state index in [-0.39, 0.29) is 11.7 Å². The van der Waals surface area contributed by atoms with Gasteiger partial charge >= 0.3 is 0 Å². The van der Waals surface area contributed by atoms with Gasteiger partial charge < -0.3 is 9.84 Å². The predicted octanol–water partition coefficient (Wildman–Crippen LogP) is 3.71. The number of aliphatic hydroxyl groups excluding tert-OH is 1. The van der Waals surface area contributed by atoms with Gasteiger partial charge in [-0.25, -0.2) is 0 Å². The summed E-state index contributed by atoms with van der Waals surface area (Å²) in [5, 5.41) is 12.0. The molecule has 2 nitrogen and oxygen atoms in total. The zero-order valence-electron chi connectivity index (χ0n) is 12.6. The highest BCUT2D eigenvalue weighted by atomic mass is 32.2. The number of hydrogen-bond donors (Lipinski definition) is 1. The van der Waals surface area contributed by atoms with Crippen LogP contribution < -0.4 is 0 Å². The minimum Gasteiger partial charge on any atom is -0.392 e. The first-order chi connectivity index (χ1) is 9.74. The maximum absolute atomic E-state index is 11.0. The van der Waals surface area contributed by atoms with Crippen molar-refractivity contribution in [2.24, 2.45) is 5.92 Å². The van der Waals surface area contributed by atoms with Crippen molar-refractivity contribution in [2.45, 2.75) is 74.1 Å². The topological polar surface area (TPSA) is 29.5 Å². The first-order valence-electron chi connectivity index (χ1n) is 8.29. The lowest BCUT2D eigenvalue weighted by Crippen LogP contribution is -2.47. The molecule has 0 aromatic rings. The van der Waals surface area contributed by atoms with Crippen molar-refractivity contribution in [3.05, 3.63) is 0 Å². The van der Waals surface area contributed by atoms with E-state index in [9.17, 15) is 5.11 Å². The molecule has 1 spiro atoms. The minimum atomic E-state index is -0.126. The number of rotatable bonds is 3. The van der Waals surface area contributed by atoms with E-state index in [1.807, 2.05) is 11.8 Å². The van der Waals surface area contributed by atoms with E-state index in [4.69, 9.17) is 4.74 Å². The Morgan fingerprint density at radius 1 is 1.25 bits per heavy atom. The van der Waals surface area contributed by atoms with Crippen LogP contribution in [0.2, 0.25) is 0 Å². The third-order valence-electron chi connectivity index (χ3n) is 5.36. The van der Waals surface area contributed by atoms with Crippen LogP contribution in [0.4, 0.5) is 0 Å². The molecule has 1 aliphatic carbocycles. The van der Waals surface area contributed by atoms with Gasteiger partial charge in [0.2, 0.25) is 0 Å². The highest BCUT2D eigenvalue weighted by Gasteiger charge is 2.44. The Morgan fingerprint density at radius 3 is 2.75 bits per heavy atom. The number of aliphatic hydroxyl groups is 1. The van der Waals surface area contributed by atoms with Gasteiger partial charge in [-0.2, -0.15) is 23.5 Å². The monoisotopic (exact) mass is 316 g/mol. The van der Waals surface area contributed by atoms with Crippen molar-refractivity contribution >= 4 is 23.5 Å². The molecule has 4 unspecified atom stereocenters. The Hall–Kier alpha value is 0.620. The van der Waals surface area contributed by atoms with E-state index in [1.54, 1.807) is 0 Å². The van der Waals surface area contributed by atoms with Crippen molar-refractivity contribution in [2.75, 3.05) is 18.1 Å². The van der Waals surface area contributed by atoms with E-state index in [0.717, 1.165) is 19.4 Å². The molecule has 3 aliphatic rings. The van der Waals surface area contributed by atoms with E-state index < -0.39 is 0 Å². The SMILES string of the molecule is CCC1SCCSC1C(O)C1CCOC2(CCCC2)C1. The normalized spacial score (nSPS) is 39.0. The van der Waals surface area contributed by atoms with Crippen molar-refractivity contribution in [3.8, 4) is 0 Å². The van der Waals surface area contributed by atoms with Crippen molar-refractivity contribution in [3.63, 3.8) is 0 Å². The maximum Gasteiger partial charge on any atom is 0.0699 e. The summed E-state index contributed by atoms with van der Waals surface area (Å²) in [7, 11) is 0. The fraction of sp³-hybridized carbons (Fsp3) is 1.00. The van der Waals surface area contributed by atoms with E-state index in [0.29, 0.717) is 16.4 Å². The average molecular weight is 317 g/mol. The summed E-state index contributed by atoms with van der Waals surface area (Å²) >= 11 is 4.09. The smallest absolute Gasteiger partial charge is 0.0699 e. The molecule has 116 valence electrons. The van der Waals surface area contributed by atoms with Crippen LogP contribution in [0.3, 0.4) is 0 Å². The predicted molar refractivity (Wildman–Crippen MR) is 88.7 cm³/mol. The molecule has 0 aromatic carbocycles. The van der Waals surface area contributed by atoms with Gasteiger partial charge in [-0.05, 0) is 38.0 Å². The summed E-state index contributed by atoms with van der Waals surface area (Å²) in [6, 6.07) is 0. The van der Waals surface area contributed by atoms with Crippen LogP contribution in [0.25, 0.3) is 0 Å². The van der Waals surface area contributed by atoms with Crippen LogP contribution in [-0.2, 0) is 4.74 Å². The maximum atomic E-state index is 11.0. The molecule has 4 atom stereocenters. The Bertz CT molecular complexity index is 318. The highest BCUT2D eigenvalue weighted by Crippen LogP contribution is 2.45. The zero-order chi connectivity index (χ0) is 14.0. The molecule has 3 rings (SSSR count). The summed E-state index contributed by atoms with van der Waals surface area (Å²) in [6.45, 7) is 3.13. The number of thioether (sulfide) groups is 2. The van der Waals surface area contributed by atoms with Crippen LogP contribution in [-0.4, -0.2) is 45.4 Å². The summed E-state index contributed by atoms with van der Waals surface area (Å²) in [4.78, 5) is 0. The van der Waals surface area contributed by atoms with Gasteiger partial charge in [0.15, 0.2) is 0 Å².